The minimum absolute atomic E-state index is 0.00487. The number of amides is 1. The number of aromatic nitrogens is 4. The van der Waals surface area contributed by atoms with Gasteiger partial charge in [0.05, 0.1) is 12.2 Å². The third-order valence-electron chi connectivity index (χ3n) is 4.73. The van der Waals surface area contributed by atoms with E-state index >= 15 is 0 Å². The molecule has 1 aromatic carbocycles. The van der Waals surface area contributed by atoms with E-state index in [0.29, 0.717) is 18.8 Å². The van der Waals surface area contributed by atoms with Crippen LogP contribution in [0.3, 0.4) is 0 Å². The van der Waals surface area contributed by atoms with Gasteiger partial charge >= 0.3 is 0 Å². The number of nitrogens with zero attached hydrogens (tertiary/aromatic N) is 5. The van der Waals surface area contributed by atoms with Gasteiger partial charge in [-0.1, -0.05) is 30.3 Å². The van der Waals surface area contributed by atoms with E-state index in [1.54, 1.807) is 17.1 Å². The fraction of sp³-hybridized carbons (Fsp3) is 0.316. The Bertz CT molecular complexity index is 890. The fourth-order valence-corrected chi connectivity index (χ4v) is 3.27. The van der Waals surface area contributed by atoms with Gasteiger partial charge in [0, 0.05) is 44.8 Å². The minimum Gasteiger partial charge on any atom is -0.340 e. The van der Waals surface area contributed by atoms with Crippen molar-refractivity contribution in [2.75, 3.05) is 13.1 Å². The van der Waals surface area contributed by atoms with Crippen LogP contribution in [0.15, 0.2) is 49.1 Å². The minimum atomic E-state index is -0.00487. The predicted octanol–water partition coefficient (Wildman–Crippen LogP) is 2.21. The quantitative estimate of drug-likeness (QED) is 0.734. The summed E-state index contributed by atoms with van der Waals surface area (Å²) in [6, 6.07) is 10.4. The highest BCUT2D eigenvalue weighted by molar-refractivity contribution is 5.92. The van der Waals surface area contributed by atoms with Gasteiger partial charge in [-0.2, -0.15) is 0 Å². The lowest BCUT2D eigenvalue weighted by atomic mass is 9.98. The molecule has 6 nitrogen and oxygen atoms in total. The summed E-state index contributed by atoms with van der Waals surface area (Å²) in [7, 11) is 1.87. The maximum atomic E-state index is 12.4. The summed E-state index contributed by atoms with van der Waals surface area (Å²) in [5.41, 5.74) is 2.91. The molecule has 2 aromatic heterocycles. The summed E-state index contributed by atoms with van der Waals surface area (Å²) >= 11 is 0. The second kappa shape index (κ2) is 6.20. The van der Waals surface area contributed by atoms with Gasteiger partial charge in [0.2, 0.25) is 0 Å². The zero-order chi connectivity index (χ0) is 17.4. The van der Waals surface area contributed by atoms with Crippen molar-refractivity contribution in [1.82, 2.24) is 24.0 Å². The molecule has 0 aliphatic carbocycles. The molecule has 1 amide bonds. The van der Waals surface area contributed by atoms with Crippen molar-refractivity contribution in [2.45, 2.75) is 19.4 Å². The first-order chi connectivity index (χ1) is 12.1. The second-order valence-electron chi connectivity index (χ2n) is 6.66. The van der Waals surface area contributed by atoms with Gasteiger partial charge in [0.1, 0.15) is 11.5 Å². The van der Waals surface area contributed by atoms with Crippen molar-refractivity contribution < 1.29 is 4.79 Å². The number of benzene rings is 1. The van der Waals surface area contributed by atoms with Crippen molar-refractivity contribution in [3.05, 3.63) is 71.8 Å². The molecule has 0 spiro atoms. The summed E-state index contributed by atoms with van der Waals surface area (Å²) in [6.45, 7) is 4.28. The van der Waals surface area contributed by atoms with Gasteiger partial charge in [-0.15, -0.1) is 0 Å². The average Bonchev–Trinajstić information content (AvgIpc) is 3.15. The van der Waals surface area contributed by atoms with Gasteiger partial charge in [0.15, 0.2) is 0 Å². The number of likely N-dealkylation sites (tertiary alicyclic amines) is 1. The number of carbonyl (C=O) groups is 1. The van der Waals surface area contributed by atoms with Crippen LogP contribution in [0.1, 0.15) is 33.5 Å². The Morgan fingerprint density at radius 2 is 1.96 bits per heavy atom. The van der Waals surface area contributed by atoms with Crippen LogP contribution in [-0.4, -0.2) is 43.0 Å². The number of carbonyl (C=O) groups excluding carboxylic acids is 1. The number of rotatable bonds is 4. The topological polar surface area (TPSA) is 56.0 Å². The van der Waals surface area contributed by atoms with Gasteiger partial charge < -0.3 is 14.0 Å². The van der Waals surface area contributed by atoms with Crippen molar-refractivity contribution >= 4 is 5.91 Å². The molecule has 1 fully saturated rings. The molecule has 1 saturated heterocycles. The number of hydrogen-bond acceptors (Lipinski definition) is 3. The highest BCUT2D eigenvalue weighted by Crippen LogP contribution is 2.28. The molecule has 3 heterocycles. The normalized spacial score (nSPS) is 14.6. The number of imidazole rings is 2. The van der Waals surface area contributed by atoms with Crippen LogP contribution in [0.5, 0.6) is 0 Å². The van der Waals surface area contributed by atoms with Gasteiger partial charge in [0.25, 0.3) is 5.91 Å². The lowest BCUT2D eigenvalue weighted by Gasteiger charge is -2.38. The average molecular weight is 335 g/mol. The highest BCUT2D eigenvalue weighted by Gasteiger charge is 2.35. The van der Waals surface area contributed by atoms with Crippen LogP contribution in [0.25, 0.3) is 0 Å². The molecule has 25 heavy (non-hydrogen) atoms. The van der Waals surface area contributed by atoms with Gasteiger partial charge in [-0.3, -0.25) is 4.79 Å². The van der Waals surface area contributed by atoms with Crippen LogP contribution < -0.4 is 0 Å². The summed E-state index contributed by atoms with van der Waals surface area (Å²) in [4.78, 5) is 23.0. The van der Waals surface area contributed by atoms with Crippen molar-refractivity contribution in [3.8, 4) is 0 Å². The highest BCUT2D eigenvalue weighted by atomic mass is 16.2. The molecule has 0 atom stereocenters. The third kappa shape index (κ3) is 2.95. The number of aryl methyl sites for hydroxylation is 2. The van der Waals surface area contributed by atoms with Crippen LogP contribution in [0.4, 0.5) is 0 Å². The molecule has 1 aliphatic rings. The first kappa shape index (κ1) is 15.6. The van der Waals surface area contributed by atoms with Gasteiger partial charge in [-0.25, -0.2) is 9.97 Å². The summed E-state index contributed by atoms with van der Waals surface area (Å²) in [5, 5.41) is 0. The Labute approximate surface area is 146 Å². The Hall–Kier alpha value is -2.89. The van der Waals surface area contributed by atoms with E-state index in [1.807, 2.05) is 24.2 Å². The zero-order valence-electron chi connectivity index (χ0n) is 14.5. The predicted molar refractivity (Wildman–Crippen MR) is 94.4 cm³/mol. The molecule has 0 radical (unpaired) electrons. The van der Waals surface area contributed by atoms with Crippen LogP contribution in [0.2, 0.25) is 0 Å². The Morgan fingerprint density at radius 3 is 2.64 bits per heavy atom. The molecule has 0 N–H and O–H groups in total. The van der Waals surface area contributed by atoms with E-state index in [0.717, 1.165) is 18.1 Å². The molecule has 0 bridgehead atoms. The molecule has 128 valence electrons. The van der Waals surface area contributed by atoms with Crippen molar-refractivity contribution in [1.29, 1.82) is 0 Å². The Kier molecular flexibility index (Phi) is 3.87. The summed E-state index contributed by atoms with van der Waals surface area (Å²) in [6.07, 6.45) is 5.33. The smallest absolute Gasteiger partial charge is 0.274 e. The zero-order valence-corrected chi connectivity index (χ0v) is 14.5. The maximum Gasteiger partial charge on any atom is 0.274 e. The van der Waals surface area contributed by atoms with Crippen LogP contribution >= 0.6 is 0 Å². The monoisotopic (exact) mass is 335 g/mol. The Morgan fingerprint density at radius 1 is 1.20 bits per heavy atom. The molecule has 0 saturated carbocycles. The fourth-order valence-electron chi connectivity index (χ4n) is 3.27. The maximum absolute atomic E-state index is 12.4. The van der Waals surface area contributed by atoms with E-state index in [9.17, 15) is 4.79 Å². The van der Waals surface area contributed by atoms with E-state index in [-0.39, 0.29) is 11.8 Å². The largest absolute Gasteiger partial charge is 0.340 e. The third-order valence-corrected chi connectivity index (χ3v) is 4.73. The molecule has 0 unspecified atom stereocenters. The van der Waals surface area contributed by atoms with Crippen LogP contribution in [0, 0.1) is 6.92 Å². The Balaban J connectivity index is 1.47. The van der Waals surface area contributed by atoms with Crippen molar-refractivity contribution in [2.24, 2.45) is 7.05 Å². The number of hydrogen-bond donors (Lipinski definition) is 0. The molecular weight excluding hydrogens is 314 g/mol. The standard InChI is InChI=1S/C19H21N5O/c1-14-8-20-18(24(14)9-15-6-4-3-5-7-15)16-10-23(11-16)19(25)17-12-22(2)13-21-17/h3-8,12-13,16H,9-11H2,1-2H3. The first-order valence-electron chi connectivity index (χ1n) is 8.45. The van der Waals surface area contributed by atoms with Crippen molar-refractivity contribution in [3.63, 3.8) is 0 Å². The summed E-state index contributed by atoms with van der Waals surface area (Å²) in [5.74, 6) is 1.34. The van der Waals surface area contributed by atoms with Crippen LogP contribution in [-0.2, 0) is 13.6 Å². The first-order valence-corrected chi connectivity index (χ1v) is 8.45. The summed E-state index contributed by atoms with van der Waals surface area (Å²) < 4.78 is 4.04. The molecule has 4 rings (SSSR count). The molecule has 1 aliphatic heterocycles. The SMILES string of the molecule is Cc1cnc(C2CN(C(=O)c3cn(C)cn3)C2)n1Cc1ccccc1. The van der Waals surface area contributed by atoms with Gasteiger partial charge in [-0.05, 0) is 12.5 Å². The lowest BCUT2D eigenvalue weighted by molar-refractivity contribution is 0.0585. The molecule has 3 aromatic rings. The van der Waals surface area contributed by atoms with E-state index in [4.69, 9.17) is 0 Å². The van der Waals surface area contributed by atoms with E-state index in [2.05, 4.69) is 45.7 Å². The van der Waals surface area contributed by atoms with E-state index < -0.39 is 0 Å². The molecule has 6 heteroatoms. The second-order valence-corrected chi connectivity index (χ2v) is 6.66. The molecular formula is C19H21N5O. The lowest BCUT2D eigenvalue weighted by Crippen LogP contribution is -2.49. The van der Waals surface area contributed by atoms with E-state index in [1.165, 1.54) is 5.56 Å².